The van der Waals surface area contributed by atoms with Gasteiger partial charge in [-0.05, 0) is 42.7 Å². The average Bonchev–Trinajstić information content (AvgIpc) is 3.23. The first-order valence-electron chi connectivity index (χ1n) is 9.39. The van der Waals surface area contributed by atoms with E-state index in [1.54, 1.807) is 12.1 Å². The van der Waals surface area contributed by atoms with Gasteiger partial charge in [0.15, 0.2) is 12.1 Å². The van der Waals surface area contributed by atoms with Crippen LogP contribution in [-0.4, -0.2) is 41.4 Å². The van der Waals surface area contributed by atoms with Gasteiger partial charge < -0.3 is 5.32 Å². The Morgan fingerprint density at radius 2 is 1.79 bits per heavy atom. The zero-order valence-corrected chi connectivity index (χ0v) is 16.2. The highest BCUT2D eigenvalue weighted by Gasteiger charge is 2.55. The molecule has 2 aromatic rings. The largest absolute Gasteiger partial charge is 0.350 e. The molecule has 4 rings (SSSR count). The van der Waals surface area contributed by atoms with Crippen LogP contribution in [0.4, 0.5) is 5.69 Å². The van der Waals surface area contributed by atoms with Crippen LogP contribution in [0.15, 0.2) is 58.9 Å². The lowest BCUT2D eigenvalue weighted by molar-refractivity contribution is -0.125. The van der Waals surface area contributed by atoms with Gasteiger partial charge >= 0.3 is 0 Å². The van der Waals surface area contributed by atoms with Crippen LogP contribution in [0.3, 0.4) is 0 Å². The topological polar surface area (TPSA) is 94.4 Å². The molecule has 0 aromatic heterocycles. The quantitative estimate of drug-likeness (QED) is 0.788. The van der Waals surface area contributed by atoms with Crippen molar-refractivity contribution in [3.8, 4) is 0 Å². The molecule has 2 aromatic carbocycles. The Bertz CT molecular complexity index is 1000. The summed E-state index contributed by atoms with van der Waals surface area (Å²) in [5.74, 6) is -1.12. The maximum absolute atomic E-state index is 13.0. The summed E-state index contributed by atoms with van der Waals surface area (Å²) in [4.78, 5) is 39.2. The predicted octanol–water partition coefficient (Wildman–Crippen LogP) is 1.91. The minimum absolute atomic E-state index is 0.142. The van der Waals surface area contributed by atoms with Crippen molar-refractivity contribution >= 4 is 23.4 Å². The molecule has 2 aliphatic rings. The van der Waals surface area contributed by atoms with Gasteiger partial charge in [0.2, 0.25) is 5.91 Å². The summed E-state index contributed by atoms with van der Waals surface area (Å²) in [6, 6.07) is 13.1. The smallest absolute Gasteiger partial charge is 0.263 e. The average molecular weight is 391 g/mol. The minimum Gasteiger partial charge on any atom is -0.350 e. The molecule has 1 N–H and O–H groups in total. The van der Waals surface area contributed by atoms with E-state index in [1.807, 2.05) is 50.2 Å². The highest BCUT2D eigenvalue weighted by molar-refractivity contribution is 6.25. The molecule has 0 spiro atoms. The Morgan fingerprint density at radius 1 is 1.03 bits per heavy atom. The van der Waals surface area contributed by atoms with Crippen LogP contribution in [0.25, 0.3) is 0 Å². The fourth-order valence-corrected chi connectivity index (χ4v) is 3.47. The number of nitrogens with zero attached hydrogens (tertiary/aromatic N) is 4. The third-order valence-corrected chi connectivity index (χ3v) is 5.24. The maximum Gasteiger partial charge on any atom is 0.263 e. The van der Waals surface area contributed by atoms with Crippen LogP contribution in [-0.2, 0) is 20.9 Å². The zero-order valence-electron chi connectivity index (χ0n) is 16.2. The molecular formula is C21H21N5O3. The number of hydrogen-bond donors (Lipinski definition) is 1. The number of carbonyl (C=O) groups is 3. The number of rotatable bonds is 5. The molecular weight excluding hydrogens is 370 g/mol. The van der Waals surface area contributed by atoms with Gasteiger partial charge in [-0.1, -0.05) is 41.6 Å². The van der Waals surface area contributed by atoms with Crippen molar-refractivity contribution in [2.75, 3.05) is 11.4 Å². The molecule has 0 saturated carbocycles. The molecule has 0 aliphatic carbocycles. The van der Waals surface area contributed by atoms with Crippen molar-refractivity contribution in [2.45, 2.75) is 32.5 Å². The van der Waals surface area contributed by atoms with Crippen molar-refractivity contribution in [2.24, 2.45) is 10.3 Å². The first-order chi connectivity index (χ1) is 14.0. The van der Waals surface area contributed by atoms with Crippen molar-refractivity contribution in [3.05, 3.63) is 65.2 Å². The molecule has 2 heterocycles. The predicted molar refractivity (Wildman–Crippen MR) is 106 cm³/mol. The summed E-state index contributed by atoms with van der Waals surface area (Å²) in [6.45, 7) is 4.12. The van der Waals surface area contributed by atoms with E-state index in [4.69, 9.17) is 0 Å². The number of amides is 3. The fraction of sp³-hybridized carbons (Fsp3) is 0.286. The van der Waals surface area contributed by atoms with Crippen LogP contribution in [0.1, 0.15) is 16.7 Å². The van der Waals surface area contributed by atoms with Crippen LogP contribution < -0.4 is 10.2 Å². The zero-order chi connectivity index (χ0) is 20.5. The molecule has 1 saturated heterocycles. The van der Waals surface area contributed by atoms with Crippen LogP contribution in [0.2, 0.25) is 0 Å². The summed E-state index contributed by atoms with van der Waals surface area (Å²) in [7, 11) is 0. The third kappa shape index (κ3) is 3.49. The van der Waals surface area contributed by atoms with Crippen molar-refractivity contribution < 1.29 is 14.4 Å². The van der Waals surface area contributed by atoms with E-state index >= 15 is 0 Å². The Balaban J connectivity index is 1.45. The van der Waals surface area contributed by atoms with Crippen molar-refractivity contribution in [1.29, 1.82) is 0 Å². The van der Waals surface area contributed by atoms with Gasteiger partial charge in [0.25, 0.3) is 11.8 Å². The highest BCUT2D eigenvalue weighted by atomic mass is 16.2. The normalized spacial score (nSPS) is 20.3. The Kier molecular flexibility index (Phi) is 4.84. The first-order valence-corrected chi connectivity index (χ1v) is 9.39. The van der Waals surface area contributed by atoms with Crippen molar-refractivity contribution in [1.82, 2.24) is 10.3 Å². The number of hydrogen-bond acceptors (Lipinski definition) is 6. The molecule has 0 bridgehead atoms. The second-order valence-electron chi connectivity index (χ2n) is 7.23. The van der Waals surface area contributed by atoms with E-state index in [2.05, 4.69) is 15.7 Å². The number of fused-ring (bicyclic) bond motifs is 1. The molecule has 0 radical (unpaired) electrons. The molecule has 2 atom stereocenters. The van der Waals surface area contributed by atoms with E-state index in [0.717, 1.165) is 21.6 Å². The Labute approximate surface area is 168 Å². The number of carbonyl (C=O) groups excluding carboxylic acids is 3. The lowest BCUT2D eigenvalue weighted by atomic mass is 10.1. The number of imide groups is 1. The molecule has 3 amide bonds. The Morgan fingerprint density at radius 3 is 2.52 bits per heavy atom. The summed E-state index contributed by atoms with van der Waals surface area (Å²) >= 11 is 0. The number of benzene rings is 2. The lowest BCUT2D eigenvalue weighted by Crippen LogP contribution is -2.44. The van der Waals surface area contributed by atoms with Gasteiger partial charge in [-0.25, -0.2) is 4.90 Å². The number of anilines is 1. The maximum atomic E-state index is 13.0. The van der Waals surface area contributed by atoms with Gasteiger partial charge in [-0.2, -0.15) is 5.11 Å². The molecule has 29 heavy (non-hydrogen) atoms. The molecule has 148 valence electrons. The van der Waals surface area contributed by atoms with E-state index < -0.39 is 23.9 Å². The summed E-state index contributed by atoms with van der Waals surface area (Å²) in [5.41, 5.74) is 3.54. The van der Waals surface area contributed by atoms with E-state index in [1.165, 1.54) is 5.01 Å². The van der Waals surface area contributed by atoms with Crippen molar-refractivity contribution in [3.63, 3.8) is 0 Å². The van der Waals surface area contributed by atoms with Gasteiger partial charge in [-0.3, -0.25) is 19.4 Å². The lowest BCUT2D eigenvalue weighted by Gasteiger charge is -2.20. The second-order valence-corrected chi connectivity index (χ2v) is 7.23. The third-order valence-electron chi connectivity index (χ3n) is 5.24. The number of aryl methyl sites for hydroxylation is 2. The van der Waals surface area contributed by atoms with Crippen LogP contribution in [0.5, 0.6) is 0 Å². The van der Waals surface area contributed by atoms with E-state index in [0.29, 0.717) is 12.2 Å². The summed E-state index contributed by atoms with van der Waals surface area (Å²) < 4.78 is 0. The molecule has 0 unspecified atom stereocenters. The van der Waals surface area contributed by atoms with E-state index in [-0.39, 0.29) is 12.5 Å². The van der Waals surface area contributed by atoms with Crippen LogP contribution in [0, 0.1) is 13.8 Å². The SMILES string of the molecule is Cc1ccc(N2C(=O)[C@@H]3[C@@H](N=NN3CC(=O)NCc3ccccc3)C2=O)cc1C. The Hall–Kier alpha value is -3.55. The summed E-state index contributed by atoms with van der Waals surface area (Å²) in [5, 5.41) is 12.0. The second kappa shape index (κ2) is 7.46. The molecule has 2 aliphatic heterocycles. The molecule has 8 nitrogen and oxygen atoms in total. The standard InChI is InChI=1S/C21H21N5O3/c1-13-8-9-16(10-14(13)2)26-20(28)18-19(21(26)29)25(24-23-18)12-17(27)22-11-15-6-4-3-5-7-15/h3-10,18-19H,11-12H2,1-2H3,(H,22,27)/t18-,19+/m1/s1. The van der Waals surface area contributed by atoms with Gasteiger partial charge in [0.1, 0.15) is 6.54 Å². The van der Waals surface area contributed by atoms with Crippen LogP contribution >= 0.6 is 0 Å². The first kappa shape index (κ1) is 18.8. The monoisotopic (exact) mass is 391 g/mol. The minimum atomic E-state index is -0.911. The highest BCUT2D eigenvalue weighted by Crippen LogP contribution is 2.32. The molecule has 8 heteroatoms. The summed E-state index contributed by atoms with van der Waals surface area (Å²) in [6.07, 6.45) is 0. The van der Waals surface area contributed by atoms with Gasteiger partial charge in [0.05, 0.1) is 5.69 Å². The fourth-order valence-electron chi connectivity index (χ4n) is 3.47. The van der Waals surface area contributed by atoms with E-state index in [9.17, 15) is 14.4 Å². The van der Waals surface area contributed by atoms with Gasteiger partial charge in [0, 0.05) is 6.54 Å². The van der Waals surface area contributed by atoms with Gasteiger partial charge in [-0.15, -0.1) is 0 Å². The molecule has 1 fully saturated rings. The number of nitrogens with one attached hydrogen (secondary N) is 1.